The SMILES string of the molecule is CC(=O)c1ccc(-c2ccc(Cl)cc2)n(C(C)C)c1=O. The number of carbonyl (C=O) groups excluding carboxylic acids is 1. The lowest BCUT2D eigenvalue weighted by atomic mass is 10.1. The van der Waals surface area contributed by atoms with E-state index >= 15 is 0 Å². The van der Waals surface area contributed by atoms with Gasteiger partial charge < -0.3 is 4.57 Å². The Morgan fingerprint density at radius 1 is 1.10 bits per heavy atom. The van der Waals surface area contributed by atoms with E-state index in [4.69, 9.17) is 11.6 Å². The van der Waals surface area contributed by atoms with Gasteiger partial charge in [0.1, 0.15) is 0 Å². The van der Waals surface area contributed by atoms with Crippen molar-refractivity contribution < 1.29 is 4.79 Å². The third-order valence-electron chi connectivity index (χ3n) is 3.15. The van der Waals surface area contributed by atoms with Crippen LogP contribution >= 0.6 is 11.6 Å². The molecular formula is C16H16ClNO2. The van der Waals surface area contributed by atoms with Crippen LogP contribution in [0.4, 0.5) is 0 Å². The molecule has 0 N–H and O–H groups in total. The van der Waals surface area contributed by atoms with Gasteiger partial charge in [-0.15, -0.1) is 0 Å². The predicted molar refractivity (Wildman–Crippen MR) is 81.5 cm³/mol. The third kappa shape index (κ3) is 2.68. The van der Waals surface area contributed by atoms with E-state index in [9.17, 15) is 9.59 Å². The van der Waals surface area contributed by atoms with E-state index in [-0.39, 0.29) is 22.9 Å². The number of rotatable bonds is 3. The van der Waals surface area contributed by atoms with Crippen LogP contribution in [0.1, 0.15) is 37.2 Å². The number of Topliss-reactive ketones (excluding diaryl/α,β-unsaturated/α-hetero) is 1. The van der Waals surface area contributed by atoms with Crippen molar-refractivity contribution in [1.82, 2.24) is 4.57 Å². The van der Waals surface area contributed by atoms with Crippen molar-refractivity contribution in [2.75, 3.05) is 0 Å². The van der Waals surface area contributed by atoms with E-state index in [0.717, 1.165) is 11.3 Å². The zero-order valence-corrected chi connectivity index (χ0v) is 12.4. The Kier molecular flexibility index (Phi) is 4.09. The zero-order valence-electron chi connectivity index (χ0n) is 11.7. The van der Waals surface area contributed by atoms with Crippen molar-refractivity contribution in [2.45, 2.75) is 26.8 Å². The van der Waals surface area contributed by atoms with Crippen LogP contribution in [0.15, 0.2) is 41.2 Å². The van der Waals surface area contributed by atoms with Crippen LogP contribution in [0.25, 0.3) is 11.3 Å². The summed E-state index contributed by atoms with van der Waals surface area (Å²) < 4.78 is 1.64. The number of nitrogens with zero attached hydrogens (tertiary/aromatic N) is 1. The Balaban J connectivity index is 2.71. The average Bonchev–Trinajstić information content (AvgIpc) is 2.38. The van der Waals surface area contributed by atoms with Gasteiger partial charge in [-0.25, -0.2) is 0 Å². The molecule has 1 aromatic carbocycles. The van der Waals surface area contributed by atoms with Gasteiger partial charge in [0, 0.05) is 11.1 Å². The third-order valence-corrected chi connectivity index (χ3v) is 3.40. The fourth-order valence-corrected chi connectivity index (χ4v) is 2.32. The molecule has 0 aliphatic heterocycles. The summed E-state index contributed by atoms with van der Waals surface area (Å²) >= 11 is 5.89. The first-order valence-corrected chi connectivity index (χ1v) is 6.82. The second-order valence-electron chi connectivity index (χ2n) is 4.96. The molecule has 1 aromatic heterocycles. The standard InChI is InChI=1S/C16H16ClNO2/c1-10(2)18-15(12-4-6-13(17)7-5-12)9-8-14(11(3)19)16(18)20/h4-10H,1-3H3. The quantitative estimate of drug-likeness (QED) is 0.803. The molecule has 104 valence electrons. The van der Waals surface area contributed by atoms with Crippen molar-refractivity contribution in [2.24, 2.45) is 0 Å². The van der Waals surface area contributed by atoms with Gasteiger partial charge in [-0.2, -0.15) is 0 Å². The van der Waals surface area contributed by atoms with E-state index in [1.807, 2.05) is 26.0 Å². The summed E-state index contributed by atoms with van der Waals surface area (Å²) in [6.07, 6.45) is 0. The zero-order chi connectivity index (χ0) is 14.9. The highest BCUT2D eigenvalue weighted by molar-refractivity contribution is 6.30. The molecule has 20 heavy (non-hydrogen) atoms. The first kappa shape index (κ1) is 14.5. The lowest BCUT2D eigenvalue weighted by molar-refractivity contribution is 0.101. The molecule has 0 spiro atoms. The molecule has 0 aliphatic rings. The molecular weight excluding hydrogens is 274 g/mol. The maximum Gasteiger partial charge on any atom is 0.262 e. The first-order chi connectivity index (χ1) is 9.41. The molecule has 0 atom stereocenters. The summed E-state index contributed by atoms with van der Waals surface area (Å²) in [5, 5.41) is 0.646. The van der Waals surface area contributed by atoms with Crippen molar-refractivity contribution in [3.8, 4) is 11.3 Å². The molecule has 2 aromatic rings. The van der Waals surface area contributed by atoms with Gasteiger partial charge in [0.05, 0.1) is 11.3 Å². The van der Waals surface area contributed by atoms with E-state index in [2.05, 4.69) is 0 Å². The molecule has 0 unspecified atom stereocenters. The minimum atomic E-state index is -0.250. The predicted octanol–water partition coefficient (Wildman–Crippen LogP) is 3.95. The number of carbonyl (C=O) groups is 1. The van der Waals surface area contributed by atoms with Crippen LogP contribution in [0, 0.1) is 0 Å². The molecule has 1 heterocycles. The number of benzene rings is 1. The number of halogens is 1. The van der Waals surface area contributed by atoms with Gasteiger partial charge in [0.25, 0.3) is 5.56 Å². The summed E-state index contributed by atoms with van der Waals surface area (Å²) in [5.41, 5.74) is 1.65. The van der Waals surface area contributed by atoms with Gasteiger partial charge in [0.15, 0.2) is 5.78 Å². The second kappa shape index (κ2) is 5.63. The van der Waals surface area contributed by atoms with Gasteiger partial charge in [-0.1, -0.05) is 23.7 Å². The normalized spacial score (nSPS) is 10.8. The van der Waals surface area contributed by atoms with Crippen LogP contribution in [0.3, 0.4) is 0 Å². The summed E-state index contributed by atoms with van der Waals surface area (Å²) in [7, 11) is 0. The van der Waals surface area contributed by atoms with E-state index in [1.54, 1.807) is 28.8 Å². The van der Waals surface area contributed by atoms with Crippen LogP contribution in [-0.2, 0) is 0 Å². The number of pyridine rings is 1. The largest absolute Gasteiger partial charge is 0.305 e. The maximum atomic E-state index is 12.4. The molecule has 0 bridgehead atoms. The van der Waals surface area contributed by atoms with Crippen LogP contribution in [0.5, 0.6) is 0 Å². The maximum absolute atomic E-state index is 12.4. The monoisotopic (exact) mass is 289 g/mol. The lowest BCUT2D eigenvalue weighted by Crippen LogP contribution is -2.28. The summed E-state index contributed by atoms with van der Waals surface area (Å²) in [6.45, 7) is 5.25. The number of aromatic nitrogens is 1. The fraction of sp³-hybridized carbons (Fsp3) is 0.250. The number of hydrogen-bond acceptors (Lipinski definition) is 2. The summed E-state index contributed by atoms with van der Waals surface area (Å²) in [6, 6.07) is 10.7. The minimum Gasteiger partial charge on any atom is -0.305 e. The molecule has 0 saturated carbocycles. The van der Waals surface area contributed by atoms with Gasteiger partial charge in [-0.3, -0.25) is 9.59 Å². The minimum absolute atomic E-state index is 0.0347. The summed E-state index contributed by atoms with van der Waals surface area (Å²) in [5.74, 6) is -0.216. The molecule has 4 heteroatoms. The van der Waals surface area contributed by atoms with E-state index < -0.39 is 0 Å². The second-order valence-corrected chi connectivity index (χ2v) is 5.40. The van der Waals surface area contributed by atoms with E-state index in [0.29, 0.717) is 5.02 Å². The van der Waals surface area contributed by atoms with Crippen molar-refractivity contribution in [1.29, 1.82) is 0 Å². The number of hydrogen-bond donors (Lipinski definition) is 0. The summed E-state index contributed by atoms with van der Waals surface area (Å²) in [4.78, 5) is 23.9. The fourth-order valence-electron chi connectivity index (χ4n) is 2.19. The molecule has 2 rings (SSSR count). The topological polar surface area (TPSA) is 39.1 Å². The van der Waals surface area contributed by atoms with Gasteiger partial charge in [0.2, 0.25) is 0 Å². The Hall–Kier alpha value is -1.87. The Morgan fingerprint density at radius 2 is 1.70 bits per heavy atom. The lowest BCUT2D eigenvalue weighted by Gasteiger charge is -2.17. The van der Waals surface area contributed by atoms with Crippen molar-refractivity contribution in [3.05, 3.63) is 57.3 Å². The van der Waals surface area contributed by atoms with Crippen LogP contribution in [-0.4, -0.2) is 10.4 Å². The molecule has 0 aliphatic carbocycles. The van der Waals surface area contributed by atoms with Gasteiger partial charge in [-0.05, 0) is 50.6 Å². The van der Waals surface area contributed by atoms with Crippen LogP contribution < -0.4 is 5.56 Å². The first-order valence-electron chi connectivity index (χ1n) is 6.44. The Labute approximate surface area is 122 Å². The van der Waals surface area contributed by atoms with Gasteiger partial charge >= 0.3 is 0 Å². The molecule has 0 saturated heterocycles. The van der Waals surface area contributed by atoms with Crippen molar-refractivity contribution in [3.63, 3.8) is 0 Å². The molecule has 0 amide bonds. The highest BCUT2D eigenvalue weighted by Crippen LogP contribution is 2.23. The Morgan fingerprint density at radius 3 is 2.20 bits per heavy atom. The van der Waals surface area contributed by atoms with E-state index in [1.165, 1.54) is 6.92 Å². The molecule has 0 radical (unpaired) electrons. The van der Waals surface area contributed by atoms with Crippen molar-refractivity contribution >= 4 is 17.4 Å². The van der Waals surface area contributed by atoms with Crippen LogP contribution in [0.2, 0.25) is 5.02 Å². The number of ketones is 1. The highest BCUT2D eigenvalue weighted by Gasteiger charge is 2.15. The Bertz CT molecular complexity index is 699. The highest BCUT2D eigenvalue weighted by atomic mass is 35.5. The average molecular weight is 290 g/mol. The molecule has 3 nitrogen and oxygen atoms in total. The molecule has 0 fully saturated rings. The smallest absolute Gasteiger partial charge is 0.262 e.